The Bertz CT molecular complexity index is 1020. The van der Waals surface area contributed by atoms with Crippen LogP contribution in [0.1, 0.15) is 36.1 Å². The molecule has 150 valence electrons. The summed E-state index contributed by atoms with van der Waals surface area (Å²) in [5.74, 6) is 2.27. The summed E-state index contributed by atoms with van der Waals surface area (Å²) in [5.41, 5.74) is 2.26. The molecule has 0 aliphatic heterocycles. The summed E-state index contributed by atoms with van der Waals surface area (Å²) >= 11 is 4.86. The monoisotopic (exact) mass is 443 g/mol. The van der Waals surface area contributed by atoms with Crippen LogP contribution in [0.15, 0.2) is 50.6 Å². The van der Waals surface area contributed by atoms with E-state index in [4.69, 9.17) is 4.52 Å². The standard InChI is InChI=1S/C20H21N5OS3/c1-13(2)14-5-7-15(8-6-14)18-22-17(26-25-18)12-28-20-24-23-19(29-20)21-10-9-16-4-3-11-27-16/h3-8,11,13H,9-10,12H2,1-2H3,(H,21,23). The third-order valence-electron chi connectivity index (χ3n) is 4.26. The van der Waals surface area contributed by atoms with E-state index in [-0.39, 0.29) is 0 Å². The van der Waals surface area contributed by atoms with Gasteiger partial charge < -0.3 is 9.84 Å². The first-order valence-corrected chi connectivity index (χ1v) is 12.0. The van der Waals surface area contributed by atoms with Gasteiger partial charge in [-0.05, 0) is 29.3 Å². The van der Waals surface area contributed by atoms with E-state index in [1.54, 1.807) is 23.1 Å². The fraction of sp³-hybridized carbons (Fsp3) is 0.300. The molecule has 0 saturated heterocycles. The Morgan fingerprint density at radius 1 is 1.14 bits per heavy atom. The van der Waals surface area contributed by atoms with Crippen LogP contribution in [0.3, 0.4) is 0 Å². The van der Waals surface area contributed by atoms with Gasteiger partial charge in [0.1, 0.15) is 0 Å². The van der Waals surface area contributed by atoms with Crippen molar-refractivity contribution in [2.24, 2.45) is 0 Å². The summed E-state index contributed by atoms with van der Waals surface area (Å²) in [5, 5.41) is 18.8. The van der Waals surface area contributed by atoms with Crippen LogP contribution in [0.25, 0.3) is 11.4 Å². The second-order valence-electron chi connectivity index (χ2n) is 6.71. The fourth-order valence-electron chi connectivity index (χ4n) is 2.66. The highest BCUT2D eigenvalue weighted by Crippen LogP contribution is 2.29. The topological polar surface area (TPSA) is 76.7 Å². The Balaban J connectivity index is 1.28. The van der Waals surface area contributed by atoms with Crippen LogP contribution in [-0.4, -0.2) is 26.9 Å². The highest BCUT2D eigenvalue weighted by Gasteiger charge is 2.12. The van der Waals surface area contributed by atoms with E-state index in [1.807, 2.05) is 12.1 Å². The Kier molecular flexibility index (Phi) is 6.58. The molecule has 0 bridgehead atoms. The van der Waals surface area contributed by atoms with Gasteiger partial charge in [0.15, 0.2) is 4.34 Å². The lowest BCUT2D eigenvalue weighted by molar-refractivity contribution is 0.391. The van der Waals surface area contributed by atoms with Gasteiger partial charge in [-0.1, -0.05) is 72.4 Å². The van der Waals surface area contributed by atoms with Crippen LogP contribution in [-0.2, 0) is 12.2 Å². The highest BCUT2D eigenvalue weighted by atomic mass is 32.2. The maximum atomic E-state index is 5.39. The highest BCUT2D eigenvalue weighted by molar-refractivity contribution is 8.00. The molecule has 3 heterocycles. The summed E-state index contributed by atoms with van der Waals surface area (Å²) in [7, 11) is 0. The summed E-state index contributed by atoms with van der Waals surface area (Å²) in [6.07, 6.45) is 0.989. The molecule has 0 spiro atoms. The van der Waals surface area contributed by atoms with E-state index in [9.17, 15) is 0 Å². The van der Waals surface area contributed by atoms with Gasteiger partial charge in [0, 0.05) is 17.0 Å². The van der Waals surface area contributed by atoms with E-state index in [1.165, 1.54) is 21.8 Å². The molecule has 0 aliphatic carbocycles. The Morgan fingerprint density at radius 3 is 2.76 bits per heavy atom. The lowest BCUT2D eigenvalue weighted by atomic mass is 10.0. The number of nitrogens with one attached hydrogen (secondary N) is 1. The van der Waals surface area contributed by atoms with Crippen molar-refractivity contribution >= 4 is 39.6 Å². The van der Waals surface area contributed by atoms with Crippen LogP contribution in [0.5, 0.6) is 0 Å². The number of anilines is 1. The second kappa shape index (κ2) is 9.51. The maximum Gasteiger partial charge on any atom is 0.237 e. The van der Waals surface area contributed by atoms with Crippen molar-refractivity contribution in [1.29, 1.82) is 0 Å². The Labute approximate surface area is 181 Å². The summed E-state index contributed by atoms with van der Waals surface area (Å²) in [6, 6.07) is 12.5. The van der Waals surface area contributed by atoms with E-state index in [0.717, 1.165) is 28.0 Å². The van der Waals surface area contributed by atoms with Gasteiger partial charge in [0.05, 0.1) is 5.75 Å². The average Bonchev–Trinajstić information content (AvgIpc) is 3.49. The van der Waals surface area contributed by atoms with Gasteiger partial charge in [0.25, 0.3) is 0 Å². The van der Waals surface area contributed by atoms with Crippen molar-refractivity contribution in [2.45, 2.75) is 36.3 Å². The van der Waals surface area contributed by atoms with Crippen LogP contribution >= 0.6 is 34.4 Å². The average molecular weight is 444 g/mol. The summed E-state index contributed by atoms with van der Waals surface area (Å²) in [4.78, 5) is 5.86. The molecule has 4 rings (SSSR count). The SMILES string of the molecule is CC(C)c1ccc(-c2noc(CSc3nnc(NCCc4cccs4)s3)n2)cc1. The van der Waals surface area contributed by atoms with Gasteiger partial charge in [-0.3, -0.25) is 0 Å². The Morgan fingerprint density at radius 2 is 2.00 bits per heavy atom. The van der Waals surface area contributed by atoms with Crippen molar-refractivity contribution in [3.05, 3.63) is 58.1 Å². The minimum absolute atomic E-state index is 0.503. The largest absolute Gasteiger partial charge is 0.360 e. The molecule has 0 saturated carbocycles. The number of hydrogen-bond donors (Lipinski definition) is 1. The lowest BCUT2D eigenvalue weighted by Gasteiger charge is -2.04. The van der Waals surface area contributed by atoms with Gasteiger partial charge in [-0.2, -0.15) is 4.98 Å². The molecule has 1 N–H and O–H groups in total. The van der Waals surface area contributed by atoms with Crippen LogP contribution in [0.4, 0.5) is 5.13 Å². The molecule has 0 fully saturated rings. The molecule has 29 heavy (non-hydrogen) atoms. The molecular formula is C20H21N5OS3. The minimum Gasteiger partial charge on any atom is -0.360 e. The maximum absolute atomic E-state index is 5.39. The first-order valence-electron chi connectivity index (χ1n) is 9.33. The zero-order valence-electron chi connectivity index (χ0n) is 16.2. The van der Waals surface area contributed by atoms with E-state index < -0.39 is 0 Å². The summed E-state index contributed by atoms with van der Waals surface area (Å²) in [6.45, 7) is 5.20. The molecule has 1 aromatic carbocycles. The van der Waals surface area contributed by atoms with Gasteiger partial charge >= 0.3 is 0 Å². The number of benzene rings is 1. The smallest absolute Gasteiger partial charge is 0.237 e. The van der Waals surface area contributed by atoms with Crippen molar-refractivity contribution in [1.82, 2.24) is 20.3 Å². The number of nitrogens with zero attached hydrogens (tertiary/aromatic N) is 4. The Hall–Kier alpha value is -2.23. The van der Waals surface area contributed by atoms with Crippen molar-refractivity contribution in [3.63, 3.8) is 0 Å². The van der Waals surface area contributed by atoms with Crippen LogP contribution in [0, 0.1) is 0 Å². The molecule has 6 nitrogen and oxygen atoms in total. The number of aromatic nitrogens is 4. The molecule has 4 aromatic rings. The minimum atomic E-state index is 0.503. The molecule has 3 aromatic heterocycles. The molecule has 0 amide bonds. The zero-order chi connectivity index (χ0) is 20.1. The molecule has 0 aliphatic rings. The molecule has 9 heteroatoms. The molecule has 0 radical (unpaired) electrons. The van der Waals surface area contributed by atoms with Gasteiger partial charge in [-0.25, -0.2) is 0 Å². The van der Waals surface area contributed by atoms with Crippen molar-refractivity contribution in [2.75, 3.05) is 11.9 Å². The molecule has 0 atom stereocenters. The third-order valence-corrected chi connectivity index (χ3v) is 7.19. The number of rotatable bonds is 9. The number of thioether (sulfide) groups is 1. The number of thiophene rings is 1. The predicted molar refractivity (Wildman–Crippen MR) is 120 cm³/mol. The first kappa shape index (κ1) is 20.1. The fourth-order valence-corrected chi connectivity index (χ4v) is 4.98. The van der Waals surface area contributed by atoms with Gasteiger partial charge in [0.2, 0.25) is 16.8 Å². The first-order chi connectivity index (χ1) is 14.2. The van der Waals surface area contributed by atoms with Crippen molar-refractivity contribution < 1.29 is 4.52 Å². The van der Waals surface area contributed by atoms with E-state index in [2.05, 4.69) is 69.1 Å². The predicted octanol–water partition coefficient (Wildman–Crippen LogP) is 5.72. The summed E-state index contributed by atoms with van der Waals surface area (Å²) < 4.78 is 6.27. The van der Waals surface area contributed by atoms with Crippen LogP contribution in [0.2, 0.25) is 0 Å². The molecule has 0 unspecified atom stereocenters. The third kappa shape index (κ3) is 5.43. The quantitative estimate of drug-likeness (QED) is 0.331. The second-order valence-corrected chi connectivity index (χ2v) is 9.94. The lowest BCUT2D eigenvalue weighted by Crippen LogP contribution is -2.03. The van der Waals surface area contributed by atoms with Gasteiger partial charge in [-0.15, -0.1) is 21.5 Å². The molecular weight excluding hydrogens is 422 g/mol. The normalized spacial score (nSPS) is 11.3. The number of hydrogen-bond acceptors (Lipinski definition) is 9. The van der Waals surface area contributed by atoms with Crippen molar-refractivity contribution in [3.8, 4) is 11.4 Å². The van der Waals surface area contributed by atoms with E-state index in [0.29, 0.717) is 23.4 Å². The van der Waals surface area contributed by atoms with Crippen LogP contribution < -0.4 is 5.32 Å². The zero-order valence-corrected chi connectivity index (χ0v) is 18.6. The van der Waals surface area contributed by atoms with E-state index >= 15 is 0 Å².